The first-order valence-corrected chi connectivity index (χ1v) is 8.40. The Labute approximate surface area is 120 Å². The van der Waals surface area contributed by atoms with E-state index in [0.29, 0.717) is 6.04 Å². The molecule has 1 aromatic carbocycles. The maximum atomic E-state index is 3.70. The van der Waals surface area contributed by atoms with Crippen LogP contribution in [0.2, 0.25) is 0 Å². The van der Waals surface area contributed by atoms with Crippen molar-refractivity contribution in [1.82, 2.24) is 5.32 Å². The smallest absolute Gasteiger partial charge is 0.0417 e. The fraction of sp³-hybridized carbons (Fsp3) is 0.529. The number of hydrogen-bond acceptors (Lipinski definition) is 2. The molecule has 0 amide bonds. The Balaban J connectivity index is 1.81. The third kappa shape index (κ3) is 3.01. The van der Waals surface area contributed by atoms with E-state index in [2.05, 4.69) is 42.6 Å². The molecule has 1 aliphatic rings. The molecule has 1 aliphatic carbocycles. The summed E-state index contributed by atoms with van der Waals surface area (Å²) in [6.45, 7) is 3.28. The van der Waals surface area contributed by atoms with E-state index in [-0.39, 0.29) is 0 Å². The zero-order chi connectivity index (χ0) is 13.1. The predicted octanol–water partition coefficient (Wildman–Crippen LogP) is 5.13. The number of benzene rings is 1. The number of rotatable bonds is 5. The zero-order valence-electron chi connectivity index (χ0n) is 11.7. The molecule has 0 spiro atoms. The number of fused-ring (bicyclic) bond motifs is 1. The Morgan fingerprint density at radius 2 is 2.05 bits per heavy atom. The minimum absolute atomic E-state index is 0.561. The van der Waals surface area contributed by atoms with Crippen LogP contribution in [0.15, 0.2) is 30.3 Å². The summed E-state index contributed by atoms with van der Waals surface area (Å²) >= 11 is 1.97. The second-order valence-corrected chi connectivity index (χ2v) is 6.80. The molecule has 0 aliphatic heterocycles. The lowest BCUT2D eigenvalue weighted by Gasteiger charge is -2.20. The minimum atomic E-state index is 0.561. The van der Waals surface area contributed by atoms with E-state index in [9.17, 15) is 0 Å². The largest absolute Gasteiger partial charge is 0.310 e. The maximum Gasteiger partial charge on any atom is 0.0417 e. The molecule has 0 saturated heterocycles. The van der Waals surface area contributed by atoms with Crippen LogP contribution in [-0.2, 0) is 0 Å². The highest BCUT2D eigenvalue weighted by atomic mass is 32.1. The molecule has 1 unspecified atom stereocenters. The SMILES string of the molecule is CCNC(CC1CCCC1)c1cc2ccccc2s1. The van der Waals surface area contributed by atoms with E-state index in [1.807, 2.05) is 11.3 Å². The summed E-state index contributed by atoms with van der Waals surface area (Å²) in [5.41, 5.74) is 0. The van der Waals surface area contributed by atoms with Crippen molar-refractivity contribution in [3.63, 3.8) is 0 Å². The molecule has 2 heteroatoms. The highest BCUT2D eigenvalue weighted by Gasteiger charge is 2.21. The van der Waals surface area contributed by atoms with E-state index in [4.69, 9.17) is 0 Å². The van der Waals surface area contributed by atoms with E-state index < -0.39 is 0 Å². The molecule has 1 heterocycles. The van der Waals surface area contributed by atoms with Crippen molar-refractivity contribution >= 4 is 21.4 Å². The molecule has 1 saturated carbocycles. The highest BCUT2D eigenvalue weighted by Crippen LogP contribution is 2.37. The normalized spacial score (nSPS) is 18.2. The summed E-state index contributed by atoms with van der Waals surface area (Å²) in [5, 5.41) is 5.10. The summed E-state index contributed by atoms with van der Waals surface area (Å²) in [6.07, 6.45) is 7.08. The first kappa shape index (κ1) is 13.1. The highest BCUT2D eigenvalue weighted by molar-refractivity contribution is 7.19. The van der Waals surface area contributed by atoms with Gasteiger partial charge in [0.25, 0.3) is 0 Å². The van der Waals surface area contributed by atoms with E-state index in [1.54, 1.807) is 0 Å². The van der Waals surface area contributed by atoms with Crippen molar-refractivity contribution < 1.29 is 0 Å². The van der Waals surface area contributed by atoms with Crippen molar-refractivity contribution in [1.29, 1.82) is 0 Å². The molecular weight excluding hydrogens is 250 g/mol. The van der Waals surface area contributed by atoms with Gasteiger partial charge in [-0.2, -0.15) is 0 Å². The first-order valence-electron chi connectivity index (χ1n) is 7.58. The van der Waals surface area contributed by atoms with Gasteiger partial charge in [0, 0.05) is 15.6 Å². The van der Waals surface area contributed by atoms with Crippen LogP contribution >= 0.6 is 11.3 Å². The van der Waals surface area contributed by atoms with Gasteiger partial charge in [0.15, 0.2) is 0 Å². The van der Waals surface area contributed by atoms with Crippen LogP contribution in [0.5, 0.6) is 0 Å². The Morgan fingerprint density at radius 3 is 2.79 bits per heavy atom. The summed E-state index contributed by atoms with van der Waals surface area (Å²) in [6, 6.07) is 11.7. The number of hydrogen-bond donors (Lipinski definition) is 1. The van der Waals surface area contributed by atoms with Gasteiger partial charge in [-0.25, -0.2) is 0 Å². The number of thiophene rings is 1. The Morgan fingerprint density at radius 1 is 1.26 bits per heavy atom. The summed E-state index contributed by atoms with van der Waals surface area (Å²) < 4.78 is 1.42. The molecule has 1 aromatic heterocycles. The lowest BCUT2D eigenvalue weighted by molar-refractivity contribution is 0.405. The fourth-order valence-corrected chi connectivity index (χ4v) is 4.45. The molecule has 0 radical (unpaired) electrons. The van der Waals surface area contributed by atoms with Gasteiger partial charge in [0.2, 0.25) is 0 Å². The summed E-state index contributed by atoms with van der Waals surface area (Å²) in [4.78, 5) is 1.52. The second-order valence-electron chi connectivity index (χ2n) is 5.68. The van der Waals surface area contributed by atoms with Gasteiger partial charge >= 0.3 is 0 Å². The van der Waals surface area contributed by atoms with Crippen molar-refractivity contribution in [3.05, 3.63) is 35.2 Å². The van der Waals surface area contributed by atoms with Gasteiger partial charge in [0.1, 0.15) is 0 Å². The standard InChI is InChI=1S/C17H23NS/c1-2-18-15(11-13-7-3-4-8-13)17-12-14-9-5-6-10-16(14)19-17/h5-6,9-10,12-13,15,18H,2-4,7-8,11H2,1H3. The summed E-state index contributed by atoms with van der Waals surface area (Å²) in [7, 11) is 0. The Kier molecular flexibility index (Phi) is 4.19. The number of nitrogens with one attached hydrogen (secondary N) is 1. The van der Waals surface area contributed by atoms with E-state index in [1.165, 1.54) is 47.1 Å². The van der Waals surface area contributed by atoms with Crippen molar-refractivity contribution in [2.45, 2.75) is 45.1 Å². The minimum Gasteiger partial charge on any atom is -0.310 e. The molecular formula is C17H23NS. The molecule has 1 N–H and O–H groups in total. The van der Waals surface area contributed by atoms with Crippen LogP contribution in [-0.4, -0.2) is 6.54 Å². The van der Waals surface area contributed by atoms with E-state index in [0.717, 1.165) is 12.5 Å². The van der Waals surface area contributed by atoms with Crippen molar-refractivity contribution in [2.75, 3.05) is 6.54 Å². The van der Waals surface area contributed by atoms with Gasteiger partial charge in [-0.05, 0) is 36.4 Å². The van der Waals surface area contributed by atoms with Crippen LogP contribution in [0.3, 0.4) is 0 Å². The molecule has 0 bridgehead atoms. The second kappa shape index (κ2) is 6.06. The Bertz CT molecular complexity index is 492. The quantitative estimate of drug-likeness (QED) is 0.796. The zero-order valence-corrected chi connectivity index (χ0v) is 12.5. The topological polar surface area (TPSA) is 12.0 Å². The average Bonchev–Trinajstić information content (AvgIpc) is 3.06. The first-order chi connectivity index (χ1) is 9.36. The van der Waals surface area contributed by atoms with Gasteiger partial charge in [-0.15, -0.1) is 11.3 Å². The molecule has 3 rings (SSSR count). The van der Waals surface area contributed by atoms with Crippen molar-refractivity contribution in [2.24, 2.45) is 5.92 Å². The van der Waals surface area contributed by atoms with Crippen LogP contribution in [0, 0.1) is 5.92 Å². The molecule has 102 valence electrons. The molecule has 1 fully saturated rings. The van der Waals surface area contributed by atoms with Crippen LogP contribution in [0.25, 0.3) is 10.1 Å². The van der Waals surface area contributed by atoms with Gasteiger partial charge in [0.05, 0.1) is 0 Å². The third-order valence-electron chi connectivity index (χ3n) is 4.28. The monoisotopic (exact) mass is 273 g/mol. The molecule has 1 nitrogen and oxygen atoms in total. The lowest BCUT2D eigenvalue weighted by Crippen LogP contribution is -2.22. The van der Waals surface area contributed by atoms with Crippen LogP contribution in [0.4, 0.5) is 0 Å². The van der Waals surface area contributed by atoms with Crippen LogP contribution < -0.4 is 5.32 Å². The predicted molar refractivity (Wildman–Crippen MR) is 84.8 cm³/mol. The van der Waals surface area contributed by atoms with Crippen LogP contribution in [0.1, 0.15) is 49.9 Å². The average molecular weight is 273 g/mol. The maximum absolute atomic E-state index is 3.70. The summed E-state index contributed by atoms with van der Waals surface area (Å²) in [5.74, 6) is 0.939. The Hall–Kier alpha value is -0.860. The van der Waals surface area contributed by atoms with Crippen molar-refractivity contribution in [3.8, 4) is 0 Å². The van der Waals surface area contributed by atoms with Gasteiger partial charge in [-0.3, -0.25) is 0 Å². The molecule has 1 atom stereocenters. The van der Waals surface area contributed by atoms with E-state index >= 15 is 0 Å². The fourth-order valence-electron chi connectivity index (χ4n) is 3.30. The van der Waals surface area contributed by atoms with Gasteiger partial charge < -0.3 is 5.32 Å². The molecule has 2 aromatic rings. The third-order valence-corrected chi connectivity index (χ3v) is 5.51. The lowest BCUT2D eigenvalue weighted by atomic mass is 9.97. The van der Waals surface area contributed by atoms with Gasteiger partial charge in [-0.1, -0.05) is 50.8 Å². The molecule has 19 heavy (non-hydrogen) atoms.